The first-order valence-electron chi connectivity index (χ1n) is 7.07. The van der Waals surface area contributed by atoms with Gasteiger partial charge in [0.1, 0.15) is 17.3 Å². The highest BCUT2D eigenvalue weighted by Crippen LogP contribution is 2.30. The lowest BCUT2D eigenvalue weighted by atomic mass is 9.96. The summed E-state index contributed by atoms with van der Waals surface area (Å²) in [4.78, 5) is 11.6. The number of hydrogen-bond donors (Lipinski definition) is 1. The number of carbonyl (C=O) groups is 1. The van der Waals surface area contributed by atoms with Crippen LogP contribution < -0.4 is 4.74 Å². The number of aliphatic hydroxyl groups is 1. The van der Waals surface area contributed by atoms with E-state index in [2.05, 4.69) is 4.74 Å². The Kier molecular flexibility index (Phi) is 6.29. The van der Waals surface area contributed by atoms with Gasteiger partial charge in [-0.2, -0.15) is 0 Å². The number of rotatable bonds is 6. The lowest BCUT2D eigenvalue weighted by Gasteiger charge is -2.23. The van der Waals surface area contributed by atoms with Gasteiger partial charge < -0.3 is 14.6 Å². The van der Waals surface area contributed by atoms with Gasteiger partial charge in [0.25, 0.3) is 6.43 Å². The molecule has 1 aromatic carbocycles. The fraction of sp³-hybridized carbons (Fsp3) is 0.562. The Hall–Kier alpha value is -1.69. The number of carbonyl (C=O) groups excluding carboxylic acids is 1. The van der Waals surface area contributed by atoms with Crippen LogP contribution in [0.1, 0.15) is 39.4 Å². The van der Waals surface area contributed by atoms with Gasteiger partial charge in [0, 0.05) is 0 Å². The third-order valence-electron chi connectivity index (χ3n) is 2.82. The van der Waals surface area contributed by atoms with E-state index in [0.717, 1.165) is 0 Å². The first kappa shape index (κ1) is 18.4. The predicted molar refractivity (Wildman–Crippen MR) is 77.9 cm³/mol. The van der Waals surface area contributed by atoms with Crippen LogP contribution in [-0.2, 0) is 9.53 Å². The van der Waals surface area contributed by atoms with Crippen molar-refractivity contribution >= 4 is 5.97 Å². The average Bonchev–Trinajstić information content (AvgIpc) is 2.37. The summed E-state index contributed by atoms with van der Waals surface area (Å²) in [6.07, 6.45) is -4.65. The molecule has 1 aromatic rings. The Morgan fingerprint density at radius 3 is 2.18 bits per heavy atom. The molecule has 0 aliphatic heterocycles. The van der Waals surface area contributed by atoms with Crippen molar-refractivity contribution in [3.63, 3.8) is 0 Å². The molecule has 0 radical (unpaired) electrons. The number of esters is 1. The third-order valence-corrected chi connectivity index (χ3v) is 2.82. The minimum absolute atomic E-state index is 0.0207. The van der Waals surface area contributed by atoms with Crippen LogP contribution in [-0.4, -0.2) is 29.7 Å². The van der Waals surface area contributed by atoms with Gasteiger partial charge in [-0.25, -0.2) is 8.78 Å². The Balaban J connectivity index is 2.90. The first-order valence-corrected chi connectivity index (χ1v) is 7.07. The van der Waals surface area contributed by atoms with Gasteiger partial charge in [0.05, 0.1) is 12.7 Å². The molecule has 1 N–H and O–H groups in total. The van der Waals surface area contributed by atoms with E-state index in [9.17, 15) is 18.7 Å². The number of benzene rings is 1. The summed E-state index contributed by atoms with van der Waals surface area (Å²) in [6, 6.07) is 6.05. The molecule has 0 fully saturated rings. The molecule has 0 aliphatic rings. The van der Waals surface area contributed by atoms with E-state index >= 15 is 0 Å². The summed E-state index contributed by atoms with van der Waals surface area (Å²) in [5.41, 5.74) is -0.184. The second-order valence-electron chi connectivity index (χ2n) is 5.84. The summed E-state index contributed by atoms with van der Waals surface area (Å²) >= 11 is 0. The quantitative estimate of drug-likeness (QED) is 0.818. The Morgan fingerprint density at radius 1 is 1.23 bits per heavy atom. The molecule has 2 unspecified atom stereocenters. The molecule has 1 rings (SSSR count). The summed E-state index contributed by atoms with van der Waals surface area (Å²) in [5, 5.41) is 10.0. The summed E-state index contributed by atoms with van der Waals surface area (Å²) in [6.45, 7) is 7.13. The Labute approximate surface area is 129 Å². The highest BCUT2D eigenvalue weighted by atomic mass is 19.3. The van der Waals surface area contributed by atoms with E-state index in [0.29, 0.717) is 5.75 Å². The molecule has 2 atom stereocenters. The predicted octanol–water partition coefficient (Wildman–Crippen LogP) is 3.34. The molecule has 6 heteroatoms. The maximum Gasteiger partial charge on any atom is 0.317 e. The first-order chi connectivity index (χ1) is 10.2. The molecule has 0 saturated carbocycles. The molecule has 0 bridgehead atoms. The molecule has 22 heavy (non-hydrogen) atoms. The van der Waals surface area contributed by atoms with Gasteiger partial charge >= 0.3 is 5.97 Å². The minimum atomic E-state index is -3.01. The lowest BCUT2D eigenvalue weighted by Crippen LogP contribution is -2.30. The molecular formula is C16H22F2O4. The number of hydrogen-bond acceptors (Lipinski definition) is 4. The Bertz CT molecular complexity index is 480. The molecule has 0 heterocycles. The standard InChI is InChI=1S/C16H22F2O4/c1-5-21-15(20)12(14(17)18)13(19)10-6-8-11(9-7-10)22-16(2,3)4/h6-9,12-14,19H,5H2,1-4H3. The zero-order valence-electron chi connectivity index (χ0n) is 13.2. The van der Waals surface area contributed by atoms with E-state index in [-0.39, 0.29) is 12.2 Å². The monoisotopic (exact) mass is 316 g/mol. The van der Waals surface area contributed by atoms with E-state index in [1.807, 2.05) is 20.8 Å². The van der Waals surface area contributed by atoms with Crippen LogP contribution in [0.15, 0.2) is 24.3 Å². The summed E-state index contributed by atoms with van der Waals surface area (Å²) < 4.78 is 36.3. The molecule has 124 valence electrons. The molecule has 0 saturated heterocycles. The molecule has 4 nitrogen and oxygen atoms in total. The number of ether oxygens (including phenoxy) is 2. The smallest absolute Gasteiger partial charge is 0.317 e. The van der Waals surface area contributed by atoms with E-state index in [1.54, 1.807) is 12.1 Å². The second-order valence-corrected chi connectivity index (χ2v) is 5.84. The van der Waals surface area contributed by atoms with Crippen molar-refractivity contribution in [3.05, 3.63) is 29.8 Å². The van der Waals surface area contributed by atoms with Crippen LogP contribution in [0.4, 0.5) is 8.78 Å². The SMILES string of the molecule is CCOC(=O)C(C(F)F)C(O)c1ccc(OC(C)(C)C)cc1. The minimum Gasteiger partial charge on any atom is -0.488 e. The molecular weight excluding hydrogens is 294 g/mol. The maximum atomic E-state index is 13.0. The summed E-state index contributed by atoms with van der Waals surface area (Å²) in [7, 11) is 0. The normalized spacial score (nSPS) is 14.5. The van der Waals surface area contributed by atoms with Crippen molar-refractivity contribution in [1.29, 1.82) is 0 Å². The van der Waals surface area contributed by atoms with Gasteiger partial charge in [-0.15, -0.1) is 0 Å². The maximum absolute atomic E-state index is 13.0. The fourth-order valence-electron chi connectivity index (χ4n) is 1.90. The number of alkyl halides is 2. The highest BCUT2D eigenvalue weighted by molar-refractivity contribution is 5.74. The van der Waals surface area contributed by atoms with Gasteiger partial charge in [0.2, 0.25) is 0 Å². The van der Waals surface area contributed by atoms with Crippen molar-refractivity contribution in [1.82, 2.24) is 0 Å². The average molecular weight is 316 g/mol. The van der Waals surface area contributed by atoms with Gasteiger partial charge in [0.15, 0.2) is 0 Å². The van der Waals surface area contributed by atoms with Gasteiger partial charge in [-0.1, -0.05) is 12.1 Å². The molecule has 0 amide bonds. The van der Waals surface area contributed by atoms with E-state index in [1.165, 1.54) is 19.1 Å². The largest absolute Gasteiger partial charge is 0.488 e. The molecule has 0 aromatic heterocycles. The van der Waals surface area contributed by atoms with Crippen molar-refractivity contribution in [2.24, 2.45) is 5.92 Å². The van der Waals surface area contributed by atoms with Crippen LogP contribution >= 0.6 is 0 Å². The van der Waals surface area contributed by atoms with Crippen molar-refractivity contribution < 1.29 is 28.2 Å². The second kappa shape index (κ2) is 7.54. The Morgan fingerprint density at radius 2 is 1.77 bits per heavy atom. The molecule has 0 spiro atoms. The van der Waals surface area contributed by atoms with Crippen LogP contribution in [0.2, 0.25) is 0 Å². The van der Waals surface area contributed by atoms with Gasteiger partial charge in [-0.3, -0.25) is 4.79 Å². The highest BCUT2D eigenvalue weighted by Gasteiger charge is 2.37. The van der Waals surface area contributed by atoms with E-state index in [4.69, 9.17) is 4.74 Å². The fourth-order valence-corrected chi connectivity index (χ4v) is 1.90. The van der Waals surface area contributed by atoms with Crippen LogP contribution in [0.5, 0.6) is 5.75 Å². The zero-order chi connectivity index (χ0) is 16.9. The molecule has 0 aliphatic carbocycles. The van der Waals surface area contributed by atoms with Crippen LogP contribution in [0, 0.1) is 5.92 Å². The third kappa shape index (κ3) is 5.26. The van der Waals surface area contributed by atoms with Gasteiger partial charge in [-0.05, 0) is 45.4 Å². The zero-order valence-corrected chi connectivity index (χ0v) is 13.2. The van der Waals surface area contributed by atoms with E-state index < -0.39 is 30.0 Å². The van der Waals surface area contributed by atoms with Crippen LogP contribution in [0.3, 0.4) is 0 Å². The van der Waals surface area contributed by atoms with Crippen molar-refractivity contribution in [3.8, 4) is 5.75 Å². The number of halogens is 2. The van der Waals surface area contributed by atoms with Crippen molar-refractivity contribution in [2.45, 2.75) is 45.8 Å². The summed E-state index contributed by atoms with van der Waals surface area (Å²) in [5.74, 6) is -2.47. The number of aliphatic hydroxyl groups excluding tert-OH is 1. The topological polar surface area (TPSA) is 55.8 Å². The van der Waals surface area contributed by atoms with Crippen LogP contribution in [0.25, 0.3) is 0 Å². The van der Waals surface area contributed by atoms with Crippen molar-refractivity contribution in [2.75, 3.05) is 6.61 Å². The lowest BCUT2D eigenvalue weighted by molar-refractivity contribution is -0.160.